The maximum absolute atomic E-state index is 2.67. The Balaban J connectivity index is 1.73. The van der Waals surface area contributed by atoms with Crippen LogP contribution in [0, 0.1) is 5.92 Å². The van der Waals surface area contributed by atoms with Crippen LogP contribution in [0.25, 0.3) is 0 Å². The lowest BCUT2D eigenvalue weighted by molar-refractivity contribution is 0.214. The summed E-state index contributed by atoms with van der Waals surface area (Å²) in [6.45, 7) is 1.26. The largest absolute Gasteiger partial charge is 0.349 e. The van der Waals surface area contributed by atoms with Crippen molar-refractivity contribution in [2.45, 2.75) is 38.3 Å². The lowest BCUT2D eigenvalue weighted by atomic mass is 9.85. The average molecular weight is 238 g/mol. The Morgan fingerprint density at radius 1 is 1.00 bits per heavy atom. The van der Waals surface area contributed by atoms with E-state index in [1.807, 2.05) is 0 Å². The number of nitrogens with zero attached hydrogens (tertiary/aromatic N) is 2. The van der Waals surface area contributed by atoms with Crippen LogP contribution in [0.15, 0.2) is 47.0 Å². The van der Waals surface area contributed by atoms with Gasteiger partial charge in [-0.15, -0.1) is 0 Å². The predicted octanol–water partition coefficient (Wildman–Crippen LogP) is 3.13. The van der Waals surface area contributed by atoms with Crippen LogP contribution >= 0.6 is 0 Å². The summed E-state index contributed by atoms with van der Waals surface area (Å²) in [5.74, 6) is 0.829. The van der Waals surface area contributed by atoms with Gasteiger partial charge in [0.05, 0.1) is 5.70 Å². The minimum Gasteiger partial charge on any atom is -0.349 e. The molecule has 18 heavy (non-hydrogen) atoms. The smallest absolute Gasteiger partial charge is 0.107 e. The van der Waals surface area contributed by atoms with E-state index in [4.69, 9.17) is 0 Å². The van der Waals surface area contributed by atoms with Gasteiger partial charge in [0.1, 0.15) is 6.17 Å². The lowest BCUT2D eigenvalue weighted by Crippen LogP contribution is -2.37. The molecule has 0 aromatic rings. The van der Waals surface area contributed by atoms with Crippen LogP contribution in [0.4, 0.5) is 0 Å². The van der Waals surface area contributed by atoms with Crippen LogP contribution in [0.5, 0.6) is 0 Å². The molecule has 5 aliphatic rings. The third-order valence-electron chi connectivity index (χ3n) is 5.23. The van der Waals surface area contributed by atoms with Gasteiger partial charge in [-0.1, -0.05) is 12.2 Å². The molecule has 2 bridgehead atoms. The summed E-state index contributed by atoms with van der Waals surface area (Å²) in [5, 5.41) is 0. The molecule has 92 valence electrons. The first-order chi connectivity index (χ1) is 8.93. The first-order valence-electron chi connectivity index (χ1n) is 7.28. The fourth-order valence-electron chi connectivity index (χ4n) is 4.52. The van der Waals surface area contributed by atoms with Crippen LogP contribution in [0.2, 0.25) is 0 Å². The number of hydrogen-bond acceptors (Lipinski definition) is 2. The lowest BCUT2D eigenvalue weighted by Gasteiger charge is -2.37. The van der Waals surface area contributed by atoms with E-state index in [1.165, 1.54) is 44.3 Å². The highest BCUT2D eigenvalue weighted by atomic mass is 15.4. The van der Waals surface area contributed by atoms with Crippen molar-refractivity contribution >= 4 is 0 Å². The van der Waals surface area contributed by atoms with Gasteiger partial charge in [0.25, 0.3) is 0 Å². The number of allylic oxidation sites excluding steroid dienone is 5. The summed E-state index contributed by atoms with van der Waals surface area (Å²) in [7, 11) is 0. The number of fused-ring (bicyclic) bond motifs is 5. The van der Waals surface area contributed by atoms with Crippen LogP contribution in [0.3, 0.4) is 0 Å². The second-order valence-corrected chi connectivity index (χ2v) is 6.06. The van der Waals surface area contributed by atoms with Gasteiger partial charge in [0.15, 0.2) is 0 Å². The van der Waals surface area contributed by atoms with Crippen LogP contribution in [0.1, 0.15) is 32.1 Å². The van der Waals surface area contributed by atoms with E-state index in [1.54, 1.807) is 17.0 Å². The Hall–Kier alpha value is -1.44. The van der Waals surface area contributed by atoms with Crippen molar-refractivity contribution in [2.24, 2.45) is 5.92 Å². The second kappa shape index (κ2) is 3.11. The van der Waals surface area contributed by atoms with E-state index in [2.05, 4.69) is 34.1 Å². The Kier molecular flexibility index (Phi) is 1.64. The zero-order valence-corrected chi connectivity index (χ0v) is 10.6. The molecule has 1 fully saturated rings. The van der Waals surface area contributed by atoms with Crippen molar-refractivity contribution in [1.29, 1.82) is 0 Å². The molecule has 0 aromatic carbocycles. The van der Waals surface area contributed by atoms with E-state index in [-0.39, 0.29) is 0 Å². The third kappa shape index (κ3) is 0.969. The van der Waals surface area contributed by atoms with Crippen LogP contribution < -0.4 is 0 Å². The van der Waals surface area contributed by atoms with Gasteiger partial charge in [-0.2, -0.15) is 0 Å². The van der Waals surface area contributed by atoms with Crippen molar-refractivity contribution in [2.75, 3.05) is 6.54 Å². The van der Waals surface area contributed by atoms with E-state index < -0.39 is 0 Å². The van der Waals surface area contributed by atoms with Gasteiger partial charge in [0, 0.05) is 23.9 Å². The SMILES string of the molecule is C1=CC2=C(CC1)C1CC3N(C1)C1=C(CCC=C1)N23. The molecule has 1 saturated heterocycles. The van der Waals surface area contributed by atoms with Crippen molar-refractivity contribution in [3.8, 4) is 0 Å². The molecule has 0 amide bonds. The molecule has 3 aliphatic heterocycles. The molecule has 2 aliphatic carbocycles. The highest BCUT2D eigenvalue weighted by molar-refractivity contribution is 5.46. The molecular formula is C16H18N2. The van der Waals surface area contributed by atoms with E-state index >= 15 is 0 Å². The Bertz CT molecular complexity index is 549. The summed E-state index contributed by atoms with van der Waals surface area (Å²) in [6, 6.07) is 0. The molecule has 2 unspecified atom stereocenters. The Morgan fingerprint density at radius 2 is 1.83 bits per heavy atom. The average Bonchev–Trinajstić information content (AvgIpc) is 2.92. The van der Waals surface area contributed by atoms with E-state index in [0.717, 1.165) is 5.92 Å². The molecule has 2 heteroatoms. The van der Waals surface area contributed by atoms with Crippen molar-refractivity contribution in [3.63, 3.8) is 0 Å². The standard InChI is InChI=1S/C16H18N2/c1-2-6-13-12(5-1)11-9-16-17(10-11)14-7-3-4-8-15(14)18(13)16/h2-3,6-7,11,16H,1,4-5,8-10H2. The zero-order valence-electron chi connectivity index (χ0n) is 10.6. The first-order valence-corrected chi connectivity index (χ1v) is 7.28. The third-order valence-corrected chi connectivity index (χ3v) is 5.23. The summed E-state index contributed by atoms with van der Waals surface area (Å²) >= 11 is 0. The fraction of sp³-hybridized carbons (Fsp3) is 0.500. The monoisotopic (exact) mass is 238 g/mol. The first kappa shape index (κ1) is 9.48. The molecule has 3 heterocycles. The fourth-order valence-corrected chi connectivity index (χ4v) is 4.52. The van der Waals surface area contributed by atoms with Crippen molar-refractivity contribution < 1.29 is 0 Å². The molecule has 0 saturated carbocycles. The summed E-state index contributed by atoms with van der Waals surface area (Å²) < 4.78 is 0. The molecule has 0 aromatic heterocycles. The maximum atomic E-state index is 2.67. The van der Waals surface area contributed by atoms with Gasteiger partial charge >= 0.3 is 0 Å². The normalized spacial score (nSPS) is 35.6. The molecule has 2 atom stereocenters. The van der Waals surface area contributed by atoms with Gasteiger partial charge < -0.3 is 9.80 Å². The van der Waals surface area contributed by atoms with Crippen molar-refractivity contribution in [1.82, 2.24) is 9.80 Å². The molecule has 0 N–H and O–H groups in total. The van der Waals surface area contributed by atoms with E-state index in [0.29, 0.717) is 6.17 Å². The quantitative estimate of drug-likeness (QED) is 0.639. The number of hydrogen-bond donors (Lipinski definition) is 0. The molecule has 0 spiro atoms. The summed E-state index contributed by atoms with van der Waals surface area (Å²) in [6.07, 6.45) is 16.5. The van der Waals surface area contributed by atoms with Crippen LogP contribution in [-0.4, -0.2) is 22.5 Å². The molecule has 0 radical (unpaired) electrons. The highest BCUT2D eigenvalue weighted by Gasteiger charge is 2.50. The molecule has 5 rings (SSSR count). The predicted molar refractivity (Wildman–Crippen MR) is 71.2 cm³/mol. The topological polar surface area (TPSA) is 6.48 Å². The number of rotatable bonds is 0. The van der Waals surface area contributed by atoms with Crippen LogP contribution in [-0.2, 0) is 0 Å². The van der Waals surface area contributed by atoms with Gasteiger partial charge in [-0.05, 0) is 49.8 Å². The summed E-state index contributed by atoms with van der Waals surface area (Å²) in [4.78, 5) is 5.34. The van der Waals surface area contributed by atoms with Gasteiger partial charge in [-0.3, -0.25) is 0 Å². The molecule has 2 nitrogen and oxygen atoms in total. The van der Waals surface area contributed by atoms with Gasteiger partial charge in [-0.25, -0.2) is 0 Å². The summed E-state index contributed by atoms with van der Waals surface area (Å²) in [5.41, 5.74) is 6.43. The minimum absolute atomic E-state index is 0.643. The van der Waals surface area contributed by atoms with Crippen molar-refractivity contribution in [3.05, 3.63) is 47.0 Å². The molecular weight excluding hydrogens is 220 g/mol. The minimum atomic E-state index is 0.643. The van der Waals surface area contributed by atoms with E-state index in [9.17, 15) is 0 Å². The Morgan fingerprint density at radius 3 is 2.78 bits per heavy atom. The zero-order chi connectivity index (χ0) is 11.7. The second-order valence-electron chi connectivity index (χ2n) is 6.06. The maximum Gasteiger partial charge on any atom is 0.107 e. The van der Waals surface area contributed by atoms with Gasteiger partial charge in [0.2, 0.25) is 0 Å². The highest BCUT2D eigenvalue weighted by Crippen LogP contribution is 2.52. The Labute approximate surface area is 108 Å².